The highest BCUT2D eigenvalue weighted by molar-refractivity contribution is 6.05. The van der Waals surface area contributed by atoms with Crippen molar-refractivity contribution in [2.45, 2.75) is 12.5 Å². The molecule has 0 radical (unpaired) electrons. The molecule has 1 amide bonds. The standard InChI is InChI=1S/C23H27N3O6/c1-28-9-8-24-13-23(27)26-19(15-4-7-20-22(10-15)32-14-31-20)12-18(25-26)17-6-5-16(29-2)11-21(17)30-3/h4-7,10-11,19,24H,8-9,12-14H2,1-3H3. The van der Waals surface area contributed by atoms with Crippen LogP contribution in [0.15, 0.2) is 41.5 Å². The lowest BCUT2D eigenvalue weighted by Crippen LogP contribution is -2.36. The van der Waals surface area contributed by atoms with Crippen molar-refractivity contribution >= 4 is 11.6 Å². The van der Waals surface area contributed by atoms with Crippen molar-refractivity contribution in [2.24, 2.45) is 5.10 Å². The number of rotatable bonds is 9. The molecule has 1 atom stereocenters. The average Bonchev–Trinajstić information content (AvgIpc) is 3.48. The van der Waals surface area contributed by atoms with Gasteiger partial charge in [-0.1, -0.05) is 6.07 Å². The third-order valence-electron chi connectivity index (χ3n) is 5.43. The van der Waals surface area contributed by atoms with E-state index in [4.69, 9.17) is 28.8 Å². The molecule has 1 unspecified atom stereocenters. The van der Waals surface area contributed by atoms with Crippen LogP contribution < -0.4 is 24.3 Å². The zero-order valence-corrected chi connectivity index (χ0v) is 18.4. The highest BCUT2D eigenvalue weighted by Gasteiger charge is 2.34. The van der Waals surface area contributed by atoms with E-state index in [1.807, 2.05) is 36.4 Å². The Hall–Kier alpha value is -3.30. The zero-order chi connectivity index (χ0) is 22.5. The minimum atomic E-state index is -0.275. The largest absolute Gasteiger partial charge is 0.497 e. The van der Waals surface area contributed by atoms with Crippen LogP contribution >= 0.6 is 0 Å². The van der Waals surface area contributed by atoms with Crippen molar-refractivity contribution in [1.82, 2.24) is 10.3 Å². The number of hydrazone groups is 1. The molecule has 2 aromatic carbocycles. The third-order valence-corrected chi connectivity index (χ3v) is 5.43. The van der Waals surface area contributed by atoms with Gasteiger partial charge in [0.25, 0.3) is 5.91 Å². The number of nitrogens with zero attached hydrogens (tertiary/aromatic N) is 2. The van der Waals surface area contributed by atoms with Crippen molar-refractivity contribution < 1.29 is 28.5 Å². The van der Waals surface area contributed by atoms with Gasteiger partial charge in [0, 0.05) is 31.7 Å². The Morgan fingerprint density at radius 3 is 2.75 bits per heavy atom. The maximum Gasteiger partial charge on any atom is 0.257 e. The average molecular weight is 441 g/mol. The van der Waals surface area contributed by atoms with E-state index in [-0.39, 0.29) is 25.3 Å². The lowest BCUT2D eigenvalue weighted by molar-refractivity contribution is -0.132. The van der Waals surface area contributed by atoms with Gasteiger partial charge >= 0.3 is 0 Å². The first kappa shape index (κ1) is 21.9. The van der Waals surface area contributed by atoms with Crippen LogP contribution in [0.5, 0.6) is 23.0 Å². The summed E-state index contributed by atoms with van der Waals surface area (Å²) in [7, 11) is 4.83. The van der Waals surface area contributed by atoms with Gasteiger partial charge in [0.15, 0.2) is 11.5 Å². The molecule has 170 valence electrons. The molecule has 9 nitrogen and oxygen atoms in total. The fourth-order valence-electron chi connectivity index (χ4n) is 3.77. The lowest BCUT2D eigenvalue weighted by Gasteiger charge is -2.22. The van der Waals surface area contributed by atoms with E-state index in [0.717, 1.165) is 16.8 Å². The van der Waals surface area contributed by atoms with Crippen LogP contribution in [0, 0.1) is 0 Å². The summed E-state index contributed by atoms with van der Waals surface area (Å²) in [5, 5.41) is 9.34. The Bertz CT molecular complexity index is 1010. The number of hydrogen-bond donors (Lipinski definition) is 1. The van der Waals surface area contributed by atoms with Gasteiger partial charge in [0.2, 0.25) is 6.79 Å². The number of nitrogens with one attached hydrogen (secondary N) is 1. The molecule has 4 rings (SSSR count). The summed E-state index contributed by atoms with van der Waals surface area (Å²) < 4.78 is 26.9. The smallest absolute Gasteiger partial charge is 0.257 e. The van der Waals surface area contributed by atoms with Crippen molar-refractivity contribution in [1.29, 1.82) is 0 Å². The zero-order valence-electron chi connectivity index (χ0n) is 18.4. The first-order valence-corrected chi connectivity index (χ1v) is 10.4. The first-order valence-electron chi connectivity index (χ1n) is 10.4. The van der Waals surface area contributed by atoms with Crippen LogP contribution in [0.4, 0.5) is 0 Å². The normalized spacial score (nSPS) is 16.8. The van der Waals surface area contributed by atoms with Crippen molar-refractivity contribution in [2.75, 3.05) is 47.8 Å². The number of benzene rings is 2. The van der Waals surface area contributed by atoms with Crippen LogP contribution in [-0.4, -0.2) is 64.4 Å². The van der Waals surface area contributed by atoms with Crippen LogP contribution in [0.3, 0.4) is 0 Å². The second-order valence-corrected chi connectivity index (χ2v) is 7.35. The Balaban J connectivity index is 1.63. The molecule has 0 spiro atoms. The van der Waals surface area contributed by atoms with E-state index >= 15 is 0 Å². The summed E-state index contributed by atoms with van der Waals surface area (Å²) in [6, 6.07) is 11.0. The second kappa shape index (κ2) is 9.88. The Labute approximate surface area is 186 Å². The van der Waals surface area contributed by atoms with Gasteiger partial charge in [0.1, 0.15) is 11.5 Å². The summed E-state index contributed by atoms with van der Waals surface area (Å²) in [5.41, 5.74) is 2.50. The van der Waals surface area contributed by atoms with Gasteiger partial charge in [-0.3, -0.25) is 4.79 Å². The van der Waals surface area contributed by atoms with E-state index in [0.29, 0.717) is 42.6 Å². The molecule has 0 aromatic heterocycles. The number of carbonyl (C=O) groups excluding carboxylic acids is 1. The highest BCUT2D eigenvalue weighted by atomic mass is 16.7. The SMILES string of the molecule is COCCNCC(=O)N1N=C(c2ccc(OC)cc2OC)CC1c1ccc2c(c1)OCO2. The minimum absolute atomic E-state index is 0.133. The molecule has 0 saturated heterocycles. The van der Waals surface area contributed by atoms with Gasteiger partial charge in [-0.15, -0.1) is 0 Å². The number of carbonyl (C=O) groups is 1. The first-order chi connectivity index (χ1) is 15.6. The summed E-state index contributed by atoms with van der Waals surface area (Å²) >= 11 is 0. The number of fused-ring (bicyclic) bond motifs is 1. The lowest BCUT2D eigenvalue weighted by atomic mass is 9.97. The number of ether oxygens (including phenoxy) is 5. The molecule has 9 heteroatoms. The number of hydrogen-bond acceptors (Lipinski definition) is 8. The van der Waals surface area contributed by atoms with Crippen LogP contribution in [0.2, 0.25) is 0 Å². The van der Waals surface area contributed by atoms with E-state index in [9.17, 15) is 4.79 Å². The van der Waals surface area contributed by atoms with Gasteiger partial charge in [-0.05, 0) is 29.8 Å². The molecular weight excluding hydrogens is 414 g/mol. The number of methoxy groups -OCH3 is 3. The van der Waals surface area contributed by atoms with E-state index in [1.54, 1.807) is 21.3 Å². The number of amides is 1. The summed E-state index contributed by atoms with van der Waals surface area (Å²) in [4.78, 5) is 13.1. The summed E-state index contributed by atoms with van der Waals surface area (Å²) in [5.74, 6) is 2.56. The Morgan fingerprint density at radius 1 is 1.12 bits per heavy atom. The van der Waals surface area contributed by atoms with Crippen molar-refractivity contribution in [3.63, 3.8) is 0 Å². The fraction of sp³-hybridized carbons (Fsp3) is 0.391. The maximum atomic E-state index is 13.1. The quantitative estimate of drug-likeness (QED) is 0.598. The Morgan fingerprint density at radius 2 is 1.97 bits per heavy atom. The second-order valence-electron chi connectivity index (χ2n) is 7.35. The van der Waals surface area contributed by atoms with Crippen LogP contribution in [0.1, 0.15) is 23.6 Å². The fourth-order valence-corrected chi connectivity index (χ4v) is 3.77. The maximum absolute atomic E-state index is 13.1. The molecule has 0 aliphatic carbocycles. The van der Waals surface area contributed by atoms with Gasteiger partial charge in [-0.2, -0.15) is 5.10 Å². The molecule has 2 aliphatic heterocycles. The van der Waals surface area contributed by atoms with Gasteiger partial charge < -0.3 is 29.0 Å². The third kappa shape index (κ3) is 4.49. The molecule has 0 fully saturated rings. The molecule has 2 aliphatic rings. The predicted octanol–water partition coefficient (Wildman–Crippen LogP) is 2.35. The monoisotopic (exact) mass is 441 g/mol. The predicted molar refractivity (Wildman–Crippen MR) is 118 cm³/mol. The molecule has 32 heavy (non-hydrogen) atoms. The van der Waals surface area contributed by atoms with Gasteiger partial charge in [-0.25, -0.2) is 5.01 Å². The van der Waals surface area contributed by atoms with E-state index in [1.165, 1.54) is 5.01 Å². The summed E-state index contributed by atoms with van der Waals surface area (Å²) in [6.07, 6.45) is 0.534. The molecule has 2 heterocycles. The molecule has 2 aromatic rings. The van der Waals surface area contributed by atoms with Crippen molar-refractivity contribution in [3.8, 4) is 23.0 Å². The Kier molecular flexibility index (Phi) is 6.77. The van der Waals surface area contributed by atoms with Crippen molar-refractivity contribution in [3.05, 3.63) is 47.5 Å². The molecule has 0 bridgehead atoms. The van der Waals surface area contributed by atoms with E-state index < -0.39 is 0 Å². The topological polar surface area (TPSA) is 90.9 Å². The van der Waals surface area contributed by atoms with E-state index in [2.05, 4.69) is 5.32 Å². The molecule has 0 saturated carbocycles. The molecular formula is C23H27N3O6. The van der Waals surface area contributed by atoms with Crippen LogP contribution in [0.25, 0.3) is 0 Å². The van der Waals surface area contributed by atoms with Crippen LogP contribution in [-0.2, 0) is 9.53 Å². The minimum Gasteiger partial charge on any atom is -0.497 e. The summed E-state index contributed by atoms with van der Waals surface area (Å²) in [6.45, 7) is 1.45. The highest BCUT2D eigenvalue weighted by Crippen LogP contribution is 2.40. The van der Waals surface area contributed by atoms with Gasteiger partial charge in [0.05, 0.1) is 39.1 Å². The molecule has 1 N–H and O–H groups in total.